The van der Waals surface area contributed by atoms with Gasteiger partial charge in [0.2, 0.25) is 5.91 Å². The van der Waals surface area contributed by atoms with Gasteiger partial charge in [0.25, 0.3) is 0 Å². The largest absolute Gasteiger partial charge is 0.353 e. The van der Waals surface area contributed by atoms with Crippen molar-refractivity contribution in [3.8, 4) is 0 Å². The number of fused-ring (bicyclic) bond motifs is 5. The van der Waals surface area contributed by atoms with Gasteiger partial charge in [-0.15, -0.1) is 0 Å². The third-order valence-electron chi connectivity index (χ3n) is 8.27. The van der Waals surface area contributed by atoms with Crippen molar-refractivity contribution < 1.29 is 4.79 Å². The topological polar surface area (TPSA) is 29.1 Å². The molecule has 1 N–H and O–H groups in total. The maximum Gasteiger partial charge on any atom is 0.220 e. The highest BCUT2D eigenvalue weighted by molar-refractivity contribution is 5.77. The lowest BCUT2D eigenvalue weighted by Gasteiger charge is -2.59. The van der Waals surface area contributed by atoms with Crippen LogP contribution in [0.4, 0.5) is 0 Å². The molecule has 1 aliphatic heterocycles. The zero-order valence-electron chi connectivity index (χ0n) is 14.9. The van der Waals surface area contributed by atoms with E-state index in [-0.39, 0.29) is 0 Å². The molecule has 1 unspecified atom stereocenters. The Kier molecular flexibility index (Phi) is 3.08. The van der Waals surface area contributed by atoms with E-state index in [1.54, 1.807) is 0 Å². The first kappa shape index (κ1) is 15.0. The van der Waals surface area contributed by atoms with E-state index in [0.717, 1.165) is 30.6 Å². The van der Waals surface area contributed by atoms with Gasteiger partial charge in [-0.05, 0) is 78.9 Å². The molecule has 0 radical (unpaired) electrons. The maximum absolute atomic E-state index is 11.8. The third-order valence-corrected chi connectivity index (χ3v) is 8.27. The van der Waals surface area contributed by atoms with Crippen molar-refractivity contribution >= 4 is 5.91 Å². The molecule has 1 saturated heterocycles. The van der Waals surface area contributed by atoms with Crippen molar-refractivity contribution in [2.75, 3.05) is 0 Å². The molecule has 4 rings (SSSR count). The monoisotopic (exact) mass is 303 g/mol. The molecule has 3 saturated carbocycles. The highest BCUT2D eigenvalue weighted by Crippen LogP contribution is 2.67. The summed E-state index contributed by atoms with van der Waals surface area (Å²) in [4.78, 5) is 11.8. The highest BCUT2D eigenvalue weighted by Gasteiger charge is 2.60. The molecular weight excluding hydrogens is 270 g/mol. The Bertz CT molecular complexity index is 498. The second-order valence-corrected chi connectivity index (χ2v) is 10.3. The second-order valence-electron chi connectivity index (χ2n) is 10.3. The van der Waals surface area contributed by atoms with Crippen LogP contribution in [0.1, 0.15) is 79.1 Å². The van der Waals surface area contributed by atoms with Gasteiger partial charge in [-0.3, -0.25) is 4.79 Å². The average Bonchev–Trinajstić information content (AvgIpc) is 2.68. The molecule has 0 aromatic heterocycles. The minimum Gasteiger partial charge on any atom is -0.353 e. The molecule has 6 atom stereocenters. The van der Waals surface area contributed by atoms with Gasteiger partial charge >= 0.3 is 0 Å². The lowest BCUT2D eigenvalue weighted by molar-refractivity contribution is -0.135. The molecule has 0 aromatic carbocycles. The van der Waals surface area contributed by atoms with Crippen LogP contribution in [0.25, 0.3) is 0 Å². The van der Waals surface area contributed by atoms with Gasteiger partial charge in [-0.1, -0.05) is 27.7 Å². The fraction of sp³-hybridized carbons (Fsp3) is 0.950. The lowest BCUT2D eigenvalue weighted by Crippen LogP contribution is -2.60. The molecule has 0 aromatic rings. The van der Waals surface area contributed by atoms with E-state index in [2.05, 4.69) is 33.0 Å². The highest BCUT2D eigenvalue weighted by atomic mass is 16.1. The van der Waals surface area contributed by atoms with E-state index in [4.69, 9.17) is 0 Å². The zero-order valence-corrected chi connectivity index (χ0v) is 14.9. The third kappa shape index (κ3) is 2.01. The molecular formula is C20H33NO. The van der Waals surface area contributed by atoms with Crippen molar-refractivity contribution in [2.45, 2.75) is 85.1 Å². The minimum absolute atomic E-state index is 0.295. The Hall–Kier alpha value is -0.530. The predicted molar refractivity (Wildman–Crippen MR) is 89.3 cm³/mol. The second kappa shape index (κ2) is 4.51. The summed E-state index contributed by atoms with van der Waals surface area (Å²) in [6.45, 7) is 10.1. The van der Waals surface area contributed by atoms with Crippen LogP contribution in [0.5, 0.6) is 0 Å². The van der Waals surface area contributed by atoms with E-state index >= 15 is 0 Å². The lowest BCUT2D eigenvalue weighted by atomic mass is 9.48. The smallest absolute Gasteiger partial charge is 0.220 e. The fourth-order valence-electron chi connectivity index (χ4n) is 7.47. The number of hydrogen-bond donors (Lipinski definition) is 1. The fourth-order valence-corrected chi connectivity index (χ4v) is 7.47. The molecule has 2 nitrogen and oxygen atoms in total. The Morgan fingerprint density at radius 1 is 1.00 bits per heavy atom. The van der Waals surface area contributed by atoms with Crippen molar-refractivity contribution in [1.82, 2.24) is 5.32 Å². The van der Waals surface area contributed by atoms with Crippen LogP contribution >= 0.6 is 0 Å². The number of nitrogens with one attached hydrogen (secondary N) is 1. The van der Waals surface area contributed by atoms with E-state index in [1.807, 2.05) is 0 Å². The summed E-state index contributed by atoms with van der Waals surface area (Å²) in [7, 11) is 0. The van der Waals surface area contributed by atoms with Crippen LogP contribution < -0.4 is 5.32 Å². The summed E-state index contributed by atoms with van der Waals surface area (Å²) in [5, 5.41) is 3.34. The summed E-state index contributed by atoms with van der Waals surface area (Å²) >= 11 is 0. The summed E-state index contributed by atoms with van der Waals surface area (Å²) in [6, 6.07) is 0.453. The van der Waals surface area contributed by atoms with Gasteiger partial charge in [0.1, 0.15) is 0 Å². The van der Waals surface area contributed by atoms with Crippen LogP contribution in [0, 0.1) is 34.0 Å². The van der Waals surface area contributed by atoms with Crippen LogP contribution in [0.3, 0.4) is 0 Å². The van der Waals surface area contributed by atoms with Gasteiger partial charge in [0.15, 0.2) is 0 Å². The van der Waals surface area contributed by atoms with E-state index in [1.165, 1.54) is 38.5 Å². The molecule has 1 heterocycles. The molecule has 0 spiro atoms. The van der Waals surface area contributed by atoms with Crippen molar-refractivity contribution in [3.05, 3.63) is 0 Å². The van der Waals surface area contributed by atoms with Crippen molar-refractivity contribution in [1.29, 1.82) is 0 Å². The van der Waals surface area contributed by atoms with Gasteiger partial charge < -0.3 is 5.32 Å². The normalized spacial score (nSPS) is 53.2. The number of piperidine rings is 1. The Morgan fingerprint density at radius 2 is 1.77 bits per heavy atom. The van der Waals surface area contributed by atoms with E-state index in [0.29, 0.717) is 28.2 Å². The molecule has 0 bridgehead atoms. The first-order valence-corrected chi connectivity index (χ1v) is 9.53. The maximum atomic E-state index is 11.8. The zero-order chi connectivity index (χ0) is 15.8. The van der Waals surface area contributed by atoms with E-state index in [9.17, 15) is 4.79 Å². The Balaban J connectivity index is 1.64. The standard InChI is InChI=1S/C20H33NO/c1-18(2)11-15-13-5-6-16-20(4,10-8-17(22)21-16)14(13)7-9-19(15,3)12-18/h13-16H,5-12H2,1-4H3,(H,21,22)/t13-,14-,15+,16?,19-,20-/m1/s1. The van der Waals surface area contributed by atoms with Gasteiger partial charge in [0, 0.05) is 12.5 Å². The van der Waals surface area contributed by atoms with Gasteiger partial charge in [-0.2, -0.15) is 0 Å². The number of rotatable bonds is 0. The van der Waals surface area contributed by atoms with Crippen LogP contribution in [-0.4, -0.2) is 11.9 Å². The molecule has 3 aliphatic carbocycles. The first-order chi connectivity index (χ1) is 10.2. The van der Waals surface area contributed by atoms with Gasteiger partial charge in [-0.25, -0.2) is 0 Å². The molecule has 4 aliphatic rings. The SMILES string of the molecule is CC1(C)C[C@H]2[C@@H]3CCC4NC(=O)CC[C@]4(C)[C@@H]3CC[C@]2(C)C1. The van der Waals surface area contributed by atoms with Crippen molar-refractivity contribution in [3.63, 3.8) is 0 Å². The number of carbonyl (C=O) groups excluding carboxylic acids is 1. The summed E-state index contributed by atoms with van der Waals surface area (Å²) in [5.41, 5.74) is 1.49. The van der Waals surface area contributed by atoms with Crippen molar-refractivity contribution in [2.24, 2.45) is 34.0 Å². The molecule has 1 amide bonds. The number of hydrogen-bond acceptors (Lipinski definition) is 1. The predicted octanol–water partition coefficient (Wildman–Crippen LogP) is 4.53. The Labute approximate surface area is 135 Å². The summed E-state index contributed by atoms with van der Waals surface area (Å²) in [5.74, 6) is 2.98. The molecule has 124 valence electrons. The number of amides is 1. The average molecular weight is 303 g/mol. The van der Waals surface area contributed by atoms with E-state index < -0.39 is 0 Å². The minimum atomic E-state index is 0.295. The van der Waals surface area contributed by atoms with Crippen LogP contribution in [-0.2, 0) is 4.79 Å². The van der Waals surface area contributed by atoms with Crippen LogP contribution in [0.2, 0.25) is 0 Å². The Morgan fingerprint density at radius 3 is 2.55 bits per heavy atom. The van der Waals surface area contributed by atoms with Crippen LogP contribution in [0.15, 0.2) is 0 Å². The summed E-state index contributed by atoms with van der Waals surface area (Å²) in [6.07, 6.45) is 10.1. The summed E-state index contributed by atoms with van der Waals surface area (Å²) < 4.78 is 0. The molecule has 22 heavy (non-hydrogen) atoms. The first-order valence-electron chi connectivity index (χ1n) is 9.53. The number of carbonyl (C=O) groups is 1. The quantitative estimate of drug-likeness (QED) is 0.699. The van der Waals surface area contributed by atoms with Gasteiger partial charge in [0.05, 0.1) is 0 Å². The molecule has 2 heteroatoms. The molecule has 4 fully saturated rings.